The summed E-state index contributed by atoms with van der Waals surface area (Å²) in [4.78, 5) is 36.3. The molecule has 0 aliphatic carbocycles. The molecule has 1 saturated heterocycles. The lowest BCUT2D eigenvalue weighted by atomic mass is 10.0. The normalized spacial score (nSPS) is 15.3. The Balaban J connectivity index is 1.14. The van der Waals surface area contributed by atoms with Crippen molar-refractivity contribution in [3.8, 4) is 11.1 Å². The van der Waals surface area contributed by atoms with Crippen molar-refractivity contribution < 1.29 is 9.59 Å². The van der Waals surface area contributed by atoms with Gasteiger partial charge in [0.1, 0.15) is 11.5 Å². The Labute approximate surface area is 241 Å². The molecule has 0 saturated carbocycles. The van der Waals surface area contributed by atoms with Crippen molar-refractivity contribution in [3.63, 3.8) is 0 Å². The summed E-state index contributed by atoms with van der Waals surface area (Å²) in [5, 5.41) is 2.86. The molecule has 2 aliphatic heterocycles. The lowest BCUT2D eigenvalue weighted by Gasteiger charge is -2.37. The monoisotopic (exact) mass is 547 g/mol. The minimum atomic E-state index is -0.602. The van der Waals surface area contributed by atoms with Crippen LogP contribution in [0.5, 0.6) is 0 Å². The van der Waals surface area contributed by atoms with Gasteiger partial charge in [-0.05, 0) is 86.7 Å². The third-order valence-corrected chi connectivity index (χ3v) is 8.18. The first-order valence-electron chi connectivity index (χ1n) is 14.6. The van der Waals surface area contributed by atoms with Crippen LogP contribution in [0.2, 0.25) is 0 Å². The molecular formula is C34H37N5O2. The van der Waals surface area contributed by atoms with Crippen LogP contribution in [0.3, 0.4) is 0 Å². The van der Waals surface area contributed by atoms with Crippen LogP contribution in [-0.4, -0.2) is 47.4 Å². The average Bonchev–Trinajstić information content (AvgIpc) is 3.19. The molecule has 0 atom stereocenters. The van der Waals surface area contributed by atoms with Crippen LogP contribution in [0.4, 0.5) is 17.2 Å². The first-order chi connectivity index (χ1) is 20.0. The second-order valence-electron chi connectivity index (χ2n) is 11.2. The molecule has 0 spiro atoms. The highest BCUT2D eigenvalue weighted by atomic mass is 16.2. The fraction of sp³-hybridized carbons (Fsp3) is 0.324. The van der Waals surface area contributed by atoms with Gasteiger partial charge in [0.05, 0.1) is 0 Å². The van der Waals surface area contributed by atoms with Gasteiger partial charge in [0, 0.05) is 61.0 Å². The number of pyridine rings is 1. The molecule has 2 aromatic carbocycles. The molecule has 0 unspecified atom stereocenters. The van der Waals surface area contributed by atoms with Gasteiger partial charge in [0.25, 0.3) is 11.7 Å². The van der Waals surface area contributed by atoms with Crippen LogP contribution >= 0.6 is 0 Å². The van der Waals surface area contributed by atoms with Gasteiger partial charge in [-0.2, -0.15) is 0 Å². The first kappa shape index (κ1) is 26.8. The summed E-state index contributed by atoms with van der Waals surface area (Å²) in [6.07, 6.45) is 4.16. The van der Waals surface area contributed by atoms with E-state index in [0.29, 0.717) is 11.4 Å². The highest BCUT2D eigenvalue weighted by Crippen LogP contribution is 2.31. The lowest BCUT2D eigenvalue weighted by molar-refractivity contribution is -0.112. The van der Waals surface area contributed by atoms with Crippen molar-refractivity contribution in [2.24, 2.45) is 0 Å². The molecule has 0 bridgehead atoms. The molecule has 41 heavy (non-hydrogen) atoms. The number of aryl methyl sites for hydroxylation is 3. The molecule has 0 radical (unpaired) electrons. The number of rotatable bonds is 6. The van der Waals surface area contributed by atoms with Crippen LogP contribution < -0.4 is 15.1 Å². The number of aromatic nitrogens is 2. The largest absolute Gasteiger partial charge is 0.368 e. The number of amides is 1. The smallest absolute Gasteiger partial charge is 0.298 e. The summed E-state index contributed by atoms with van der Waals surface area (Å²) in [6, 6.07) is 24.1. The summed E-state index contributed by atoms with van der Waals surface area (Å²) >= 11 is 0. The van der Waals surface area contributed by atoms with Crippen LogP contribution in [-0.2, 0) is 17.8 Å². The Morgan fingerprint density at radius 2 is 1.51 bits per heavy atom. The van der Waals surface area contributed by atoms with Crippen LogP contribution in [0.25, 0.3) is 11.1 Å². The Morgan fingerprint density at radius 3 is 2.24 bits per heavy atom. The maximum absolute atomic E-state index is 13.6. The van der Waals surface area contributed by atoms with E-state index in [1.54, 1.807) is 0 Å². The number of carbonyl (C=O) groups is 2. The molecule has 210 valence electrons. The number of Topliss-reactive ketones (excluding diaryl/α,β-unsaturated/α-hetero) is 1. The number of ketones is 1. The average molecular weight is 548 g/mol. The van der Waals surface area contributed by atoms with Crippen molar-refractivity contribution in [1.82, 2.24) is 9.55 Å². The quantitative estimate of drug-likeness (QED) is 0.235. The summed E-state index contributed by atoms with van der Waals surface area (Å²) in [7, 11) is 0. The number of nitrogens with zero attached hydrogens (tertiary/aromatic N) is 4. The number of anilines is 3. The van der Waals surface area contributed by atoms with Crippen molar-refractivity contribution in [2.75, 3.05) is 41.3 Å². The fourth-order valence-electron chi connectivity index (χ4n) is 6.13. The zero-order chi connectivity index (χ0) is 28.3. The van der Waals surface area contributed by atoms with E-state index < -0.39 is 11.7 Å². The second-order valence-corrected chi connectivity index (χ2v) is 11.2. The Hall–Kier alpha value is -4.39. The van der Waals surface area contributed by atoms with E-state index in [-0.39, 0.29) is 0 Å². The van der Waals surface area contributed by atoms with Crippen LogP contribution in [0.15, 0.2) is 72.8 Å². The maximum Gasteiger partial charge on any atom is 0.298 e. The van der Waals surface area contributed by atoms with Gasteiger partial charge in [-0.25, -0.2) is 4.98 Å². The molecule has 2 aromatic heterocycles. The third kappa shape index (κ3) is 5.75. The van der Waals surface area contributed by atoms with E-state index in [2.05, 4.69) is 44.8 Å². The molecule has 2 aliphatic rings. The number of carbonyl (C=O) groups excluding carboxylic acids is 2. The Kier molecular flexibility index (Phi) is 7.59. The van der Waals surface area contributed by atoms with Crippen molar-refractivity contribution >= 4 is 28.9 Å². The summed E-state index contributed by atoms with van der Waals surface area (Å²) in [5.41, 5.74) is 7.43. The zero-order valence-electron chi connectivity index (χ0n) is 23.9. The van der Waals surface area contributed by atoms with Crippen molar-refractivity contribution in [2.45, 2.75) is 46.1 Å². The fourth-order valence-corrected chi connectivity index (χ4v) is 6.13. The predicted molar refractivity (Wildman–Crippen MR) is 165 cm³/mol. The van der Waals surface area contributed by atoms with Gasteiger partial charge in [-0.1, -0.05) is 36.8 Å². The molecule has 6 rings (SSSR count). The van der Waals surface area contributed by atoms with Gasteiger partial charge in [-0.3, -0.25) is 9.59 Å². The van der Waals surface area contributed by atoms with Gasteiger partial charge < -0.3 is 19.7 Å². The molecule has 7 heteroatoms. The summed E-state index contributed by atoms with van der Waals surface area (Å²) in [5.74, 6) is -0.0491. The number of hydrogen-bond acceptors (Lipinski definition) is 5. The molecule has 1 amide bonds. The van der Waals surface area contributed by atoms with Crippen molar-refractivity contribution in [1.29, 1.82) is 0 Å². The SMILES string of the molecule is Cc1cc(C)nc(N2CCN(c3ccc(NC(=O)C(=O)c4c(-c5ccccc5)cc5n4CCCCC5)cc3)CC2)c1. The van der Waals surface area contributed by atoms with E-state index in [9.17, 15) is 9.59 Å². The van der Waals surface area contributed by atoms with Crippen molar-refractivity contribution in [3.05, 3.63) is 95.4 Å². The minimum absolute atomic E-state index is 0.489. The molecule has 4 aromatic rings. The second kappa shape index (κ2) is 11.6. The standard InChI is InChI=1S/C34H37N5O2/c1-24-21-25(2)35-31(22-24)38-19-17-37(18-20-38)28-14-12-27(13-15-28)36-34(41)33(40)32-30(26-9-5-3-6-10-26)23-29-11-7-4-8-16-39(29)32/h3,5-6,9-10,12-15,21-23H,4,7-8,11,16-20H2,1-2H3,(H,36,41). The number of piperazine rings is 1. The number of nitrogens with one attached hydrogen (secondary N) is 1. The van der Waals surface area contributed by atoms with Gasteiger partial charge in [-0.15, -0.1) is 0 Å². The van der Waals surface area contributed by atoms with Crippen LogP contribution in [0.1, 0.15) is 46.7 Å². The van der Waals surface area contributed by atoms with E-state index in [1.807, 2.05) is 61.5 Å². The summed E-state index contributed by atoms with van der Waals surface area (Å²) in [6.45, 7) is 8.48. The number of benzene rings is 2. The number of hydrogen-bond donors (Lipinski definition) is 1. The van der Waals surface area contributed by atoms with Gasteiger partial charge >= 0.3 is 0 Å². The van der Waals surface area contributed by atoms with E-state index in [4.69, 9.17) is 4.98 Å². The van der Waals surface area contributed by atoms with E-state index >= 15 is 0 Å². The predicted octanol–water partition coefficient (Wildman–Crippen LogP) is 6.04. The maximum atomic E-state index is 13.6. The van der Waals surface area contributed by atoms with Gasteiger partial charge in [0.2, 0.25) is 0 Å². The van der Waals surface area contributed by atoms with Crippen LogP contribution in [0, 0.1) is 13.8 Å². The molecule has 4 heterocycles. The highest BCUT2D eigenvalue weighted by molar-refractivity contribution is 6.47. The third-order valence-electron chi connectivity index (χ3n) is 8.18. The lowest BCUT2D eigenvalue weighted by Crippen LogP contribution is -2.46. The molecule has 1 fully saturated rings. The van der Waals surface area contributed by atoms with E-state index in [0.717, 1.165) is 92.4 Å². The number of fused-ring (bicyclic) bond motifs is 1. The Bertz CT molecular complexity index is 1530. The van der Waals surface area contributed by atoms with Gasteiger partial charge in [0.15, 0.2) is 0 Å². The Morgan fingerprint density at radius 1 is 0.780 bits per heavy atom. The molecular weight excluding hydrogens is 510 g/mol. The zero-order valence-corrected chi connectivity index (χ0v) is 23.9. The molecule has 1 N–H and O–H groups in total. The van der Waals surface area contributed by atoms with E-state index in [1.165, 1.54) is 5.56 Å². The summed E-state index contributed by atoms with van der Waals surface area (Å²) < 4.78 is 2.08. The molecule has 7 nitrogen and oxygen atoms in total. The topological polar surface area (TPSA) is 70.5 Å². The minimum Gasteiger partial charge on any atom is -0.368 e. The highest BCUT2D eigenvalue weighted by Gasteiger charge is 2.28. The first-order valence-corrected chi connectivity index (χ1v) is 14.6.